The molecule has 1 heterocycles. The Labute approximate surface area is 145 Å². The number of ether oxygens (including phenoxy) is 2. The van der Waals surface area contributed by atoms with E-state index in [2.05, 4.69) is 10.1 Å². The number of nitrogens with zero attached hydrogens (tertiary/aromatic N) is 2. The summed E-state index contributed by atoms with van der Waals surface area (Å²) < 4.78 is 15.6. The van der Waals surface area contributed by atoms with Crippen LogP contribution in [0.15, 0.2) is 22.7 Å². The minimum atomic E-state index is -1.42. The molecule has 0 aliphatic carbocycles. The summed E-state index contributed by atoms with van der Waals surface area (Å²) in [6.45, 7) is 6.60. The molecule has 0 atom stereocenters. The van der Waals surface area contributed by atoms with Crippen LogP contribution in [0, 0.1) is 19.3 Å². The molecule has 8 nitrogen and oxygen atoms in total. The first kappa shape index (κ1) is 18.4. The minimum absolute atomic E-state index is 0.104. The first-order valence-corrected chi connectivity index (χ1v) is 7.68. The highest BCUT2D eigenvalue weighted by atomic mass is 16.6. The van der Waals surface area contributed by atoms with Gasteiger partial charge in [0, 0.05) is 0 Å². The molecule has 0 radical (unpaired) electrons. The van der Waals surface area contributed by atoms with Crippen LogP contribution >= 0.6 is 0 Å². The predicted molar refractivity (Wildman–Crippen MR) is 87.3 cm³/mol. The van der Waals surface area contributed by atoms with Crippen LogP contribution in [0.3, 0.4) is 0 Å². The van der Waals surface area contributed by atoms with Crippen molar-refractivity contribution in [2.75, 3.05) is 0 Å². The number of rotatable bonds is 7. The third kappa shape index (κ3) is 4.79. The van der Waals surface area contributed by atoms with E-state index in [0.29, 0.717) is 11.6 Å². The van der Waals surface area contributed by atoms with Crippen molar-refractivity contribution >= 4 is 11.9 Å². The number of hydrogen-bond acceptors (Lipinski definition) is 7. The van der Waals surface area contributed by atoms with Crippen LogP contribution in [0.4, 0.5) is 0 Å². The maximum absolute atomic E-state index is 11.8. The Morgan fingerprint density at radius 3 is 2.40 bits per heavy atom. The second-order valence-electron chi connectivity index (χ2n) is 6.28. The molecule has 0 aliphatic heterocycles. The lowest BCUT2D eigenvalue weighted by Gasteiger charge is -2.17. The zero-order chi connectivity index (χ0) is 18.6. The van der Waals surface area contributed by atoms with Gasteiger partial charge in [-0.2, -0.15) is 4.98 Å². The van der Waals surface area contributed by atoms with E-state index < -0.39 is 17.3 Å². The second kappa shape index (κ2) is 7.33. The van der Waals surface area contributed by atoms with Crippen LogP contribution in [0.25, 0.3) is 0 Å². The van der Waals surface area contributed by atoms with Crippen molar-refractivity contribution in [3.63, 3.8) is 0 Å². The van der Waals surface area contributed by atoms with Crippen LogP contribution in [0.2, 0.25) is 0 Å². The van der Waals surface area contributed by atoms with Gasteiger partial charge in [-0.15, -0.1) is 0 Å². The number of nitrogens with two attached hydrogens (primary N) is 1. The van der Waals surface area contributed by atoms with E-state index in [1.807, 2.05) is 32.0 Å². The van der Waals surface area contributed by atoms with Crippen LogP contribution in [0.1, 0.15) is 36.7 Å². The minimum Gasteiger partial charge on any atom is -0.485 e. The number of aromatic nitrogens is 2. The summed E-state index contributed by atoms with van der Waals surface area (Å²) >= 11 is 0. The van der Waals surface area contributed by atoms with Gasteiger partial charge in [0.15, 0.2) is 13.2 Å². The van der Waals surface area contributed by atoms with Gasteiger partial charge in [0.25, 0.3) is 5.89 Å². The molecule has 2 rings (SSSR count). The van der Waals surface area contributed by atoms with E-state index in [0.717, 1.165) is 11.1 Å². The summed E-state index contributed by atoms with van der Waals surface area (Å²) in [6.07, 6.45) is 0. The van der Waals surface area contributed by atoms with Crippen LogP contribution in [-0.2, 0) is 27.5 Å². The SMILES string of the molecule is Cc1cc(C)cc(OCc2noc(COC(=O)C(C)(C)C(N)=O)n2)c1. The quantitative estimate of drug-likeness (QED) is 0.599. The molecule has 0 spiro atoms. The van der Waals surface area contributed by atoms with Crippen molar-refractivity contribution in [1.29, 1.82) is 0 Å². The van der Waals surface area contributed by atoms with Crippen molar-refractivity contribution in [3.8, 4) is 5.75 Å². The van der Waals surface area contributed by atoms with Crippen LogP contribution in [0.5, 0.6) is 5.75 Å². The number of carbonyl (C=O) groups is 2. The van der Waals surface area contributed by atoms with Gasteiger partial charge in [-0.25, -0.2) is 0 Å². The monoisotopic (exact) mass is 347 g/mol. The lowest BCUT2D eigenvalue weighted by atomic mass is 9.93. The van der Waals surface area contributed by atoms with E-state index in [1.165, 1.54) is 13.8 Å². The van der Waals surface area contributed by atoms with E-state index >= 15 is 0 Å². The molecule has 0 saturated carbocycles. The molecular formula is C17H21N3O5. The molecule has 134 valence electrons. The largest absolute Gasteiger partial charge is 0.485 e. The summed E-state index contributed by atoms with van der Waals surface area (Å²) in [5.74, 6) is -0.401. The molecule has 8 heteroatoms. The highest BCUT2D eigenvalue weighted by molar-refractivity contribution is 6.00. The van der Waals surface area contributed by atoms with E-state index in [9.17, 15) is 9.59 Å². The van der Waals surface area contributed by atoms with Crippen molar-refractivity contribution in [2.24, 2.45) is 11.1 Å². The molecule has 1 aromatic carbocycles. The molecular weight excluding hydrogens is 326 g/mol. The van der Waals surface area contributed by atoms with Crippen molar-refractivity contribution in [2.45, 2.75) is 40.9 Å². The number of amides is 1. The Hall–Kier alpha value is -2.90. The molecule has 0 saturated heterocycles. The number of hydrogen-bond donors (Lipinski definition) is 1. The van der Waals surface area contributed by atoms with Crippen molar-refractivity contribution < 1.29 is 23.6 Å². The van der Waals surface area contributed by atoms with Crippen molar-refractivity contribution in [1.82, 2.24) is 10.1 Å². The van der Waals surface area contributed by atoms with Gasteiger partial charge < -0.3 is 19.7 Å². The molecule has 0 bridgehead atoms. The van der Waals surface area contributed by atoms with Gasteiger partial charge in [0.1, 0.15) is 11.2 Å². The van der Waals surface area contributed by atoms with E-state index in [4.69, 9.17) is 19.7 Å². The molecule has 2 N–H and O–H groups in total. The summed E-state index contributed by atoms with van der Waals surface area (Å²) in [4.78, 5) is 27.1. The Kier molecular flexibility index (Phi) is 5.41. The van der Waals surface area contributed by atoms with Gasteiger partial charge in [-0.1, -0.05) is 11.2 Å². The van der Waals surface area contributed by atoms with Crippen LogP contribution < -0.4 is 10.5 Å². The Morgan fingerprint density at radius 1 is 1.16 bits per heavy atom. The number of carbonyl (C=O) groups excluding carboxylic acids is 2. The Balaban J connectivity index is 1.90. The van der Waals surface area contributed by atoms with E-state index in [-0.39, 0.29) is 19.1 Å². The number of aryl methyl sites for hydroxylation is 2. The molecule has 25 heavy (non-hydrogen) atoms. The smallest absolute Gasteiger partial charge is 0.321 e. The number of primary amides is 1. The van der Waals surface area contributed by atoms with Gasteiger partial charge >= 0.3 is 5.97 Å². The summed E-state index contributed by atoms with van der Waals surface area (Å²) in [5, 5.41) is 3.76. The Bertz CT molecular complexity index is 762. The fourth-order valence-electron chi connectivity index (χ4n) is 1.98. The normalized spacial score (nSPS) is 11.2. The third-order valence-corrected chi connectivity index (χ3v) is 3.53. The average Bonchev–Trinajstić information content (AvgIpc) is 2.97. The zero-order valence-electron chi connectivity index (χ0n) is 14.7. The lowest BCUT2D eigenvalue weighted by molar-refractivity contribution is -0.159. The van der Waals surface area contributed by atoms with Gasteiger partial charge in [0.2, 0.25) is 11.7 Å². The van der Waals surface area contributed by atoms with Crippen molar-refractivity contribution in [3.05, 3.63) is 41.0 Å². The molecule has 0 fully saturated rings. The lowest BCUT2D eigenvalue weighted by Crippen LogP contribution is -2.39. The Morgan fingerprint density at radius 2 is 1.80 bits per heavy atom. The zero-order valence-corrected chi connectivity index (χ0v) is 14.7. The second-order valence-corrected chi connectivity index (χ2v) is 6.28. The van der Waals surface area contributed by atoms with Crippen LogP contribution in [-0.4, -0.2) is 22.0 Å². The van der Waals surface area contributed by atoms with E-state index in [1.54, 1.807) is 0 Å². The molecule has 0 aliphatic rings. The first-order valence-electron chi connectivity index (χ1n) is 7.68. The molecule has 1 amide bonds. The highest BCUT2D eigenvalue weighted by Crippen LogP contribution is 2.18. The maximum Gasteiger partial charge on any atom is 0.321 e. The third-order valence-electron chi connectivity index (χ3n) is 3.53. The topological polar surface area (TPSA) is 118 Å². The fraction of sp³-hybridized carbons (Fsp3) is 0.412. The molecule has 0 unspecified atom stereocenters. The number of benzene rings is 1. The average molecular weight is 347 g/mol. The molecule has 1 aromatic heterocycles. The summed E-state index contributed by atoms with van der Waals surface area (Å²) in [5.41, 5.74) is 5.91. The van der Waals surface area contributed by atoms with Gasteiger partial charge in [-0.3, -0.25) is 9.59 Å². The highest BCUT2D eigenvalue weighted by Gasteiger charge is 2.36. The molecule has 2 aromatic rings. The van der Waals surface area contributed by atoms with Gasteiger partial charge in [0.05, 0.1) is 0 Å². The van der Waals surface area contributed by atoms with Gasteiger partial charge in [-0.05, 0) is 51.0 Å². The number of esters is 1. The fourth-order valence-corrected chi connectivity index (χ4v) is 1.98. The summed E-state index contributed by atoms with van der Waals surface area (Å²) in [7, 11) is 0. The standard InChI is InChI=1S/C17H21N3O5/c1-10-5-11(2)7-12(6-10)23-8-13-19-14(25-20-13)9-24-16(22)17(3,4)15(18)21/h5-7H,8-9H2,1-4H3,(H2,18,21). The maximum atomic E-state index is 11.8. The summed E-state index contributed by atoms with van der Waals surface area (Å²) in [6, 6.07) is 5.85. The predicted octanol–water partition coefficient (Wildman–Crippen LogP) is 1.82. The first-order chi connectivity index (χ1) is 11.7.